The molecule has 3 aromatic rings. The highest BCUT2D eigenvalue weighted by Gasteiger charge is 2.16. The molecule has 1 aliphatic carbocycles. The molecule has 1 heterocycles. The van der Waals surface area contributed by atoms with Crippen molar-refractivity contribution >= 4 is 32.4 Å². The number of fused-ring (bicyclic) bond motifs is 2. The van der Waals surface area contributed by atoms with Crippen molar-refractivity contribution in [1.29, 1.82) is 0 Å². The molecular weight excluding hydrogens is 306 g/mol. The second-order valence-corrected chi connectivity index (χ2v) is 6.56. The lowest BCUT2D eigenvalue weighted by molar-refractivity contribution is 0.414. The summed E-state index contributed by atoms with van der Waals surface area (Å²) in [4.78, 5) is 4.56. The zero-order valence-electron chi connectivity index (χ0n) is 12.9. The Morgan fingerprint density at radius 3 is 2.96 bits per heavy atom. The topological polar surface area (TPSA) is 46.5 Å². The van der Waals surface area contributed by atoms with E-state index in [1.165, 1.54) is 15.8 Å². The highest BCUT2D eigenvalue weighted by atomic mass is 32.1. The molecule has 0 bridgehead atoms. The molecule has 0 spiro atoms. The number of benzene rings is 2. The smallest absolute Gasteiger partial charge is 0.204 e. The van der Waals surface area contributed by atoms with Crippen LogP contribution < -0.4 is 10.2 Å². The molecule has 0 saturated heterocycles. The lowest BCUT2D eigenvalue weighted by Crippen LogP contribution is -2.13. The van der Waals surface area contributed by atoms with Gasteiger partial charge in [0.2, 0.25) is 5.13 Å². The van der Waals surface area contributed by atoms with Gasteiger partial charge in [-0.05, 0) is 55.2 Å². The Morgan fingerprint density at radius 1 is 1.17 bits per heavy atom. The third-order valence-electron chi connectivity index (χ3n) is 4.06. The monoisotopic (exact) mass is 323 g/mol. The fraction of sp³-hybridized carbons (Fsp3) is 0.222. The predicted molar refractivity (Wildman–Crippen MR) is 95.7 cm³/mol. The van der Waals surface area contributed by atoms with Crippen LogP contribution in [-0.2, 0) is 6.42 Å². The van der Waals surface area contributed by atoms with Crippen LogP contribution in [0.2, 0.25) is 0 Å². The zero-order chi connectivity index (χ0) is 15.6. The van der Waals surface area contributed by atoms with Crippen LogP contribution >= 0.6 is 11.3 Å². The van der Waals surface area contributed by atoms with Gasteiger partial charge < -0.3 is 4.74 Å². The minimum absolute atomic E-state index is 0.833. The normalized spacial score (nSPS) is 15.6. The van der Waals surface area contributed by atoms with Crippen molar-refractivity contribution in [3.05, 3.63) is 53.6 Å². The van der Waals surface area contributed by atoms with Crippen molar-refractivity contribution in [2.75, 3.05) is 12.5 Å². The van der Waals surface area contributed by atoms with Gasteiger partial charge in [0, 0.05) is 5.56 Å². The number of aryl methyl sites for hydroxylation is 1. The average molecular weight is 323 g/mol. The van der Waals surface area contributed by atoms with E-state index in [1.54, 1.807) is 18.4 Å². The summed E-state index contributed by atoms with van der Waals surface area (Å²) in [5.41, 5.74) is 7.76. The Balaban J connectivity index is 1.62. The lowest BCUT2D eigenvalue weighted by atomic mass is 9.90. The van der Waals surface area contributed by atoms with E-state index < -0.39 is 0 Å². The zero-order valence-corrected chi connectivity index (χ0v) is 13.7. The summed E-state index contributed by atoms with van der Waals surface area (Å²) >= 11 is 1.62. The third kappa shape index (κ3) is 2.80. The number of anilines is 1. The molecule has 0 radical (unpaired) electrons. The SMILES string of the molecule is COc1ccc2c(c1)CCC/C2=N/Nc1nc2ccccc2s1. The van der Waals surface area contributed by atoms with E-state index in [0.29, 0.717) is 0 Å². The summed E-state index contributed by atoms with van der Waals surface area (Å²) in [6.07, 6.45) is 3.17. The summed E-state index contributed by atoms with van der Waals surface area (Å²) < 4.78 is 6.49. The quantitative estimate of drug-likeness (QED) is 0.724. The number of thiazole rings is 1. The van der Waals surface area contributed by atoms with Crippen molar-refractivity contribution < 1.29 is 4.74 Å². The number of hydrogen-bond donors (Lipinski definition) is 1. The van der Waals surface area contributed by atoms with Gasteiger partial charge in [-0.25, -0.2) is 4.98 Å². The number of aromatic nitrogens is 1. The van der Waals surface area contributed by atoms with Gasteiger partial charge >= 0.3 is 0 Å². The standard InChI is InChI=1S/C18H17N3OS/c1-22-13-9-10-14-12(11-13)5-4-7-15(14)20-21-18-19-16-6-2-3-8-17(16)23-18/h2-3,6,8-11H,4-5,7H2,1H3,(H,19,21)/b20-15-. The largest absolute Gasteiger partial charge is 0.497 e. The average Bonchev–Trinajstić information content (AvgIpc) is 3.02. The molecule has 1 aromatic heterocycles. The molecule has 23 heavy (non-hydrogen) atoms. The van der Waals surface area contributed by atoms with Gasteiger partial charge in [0.15, 0.2) is 0 Å². The molecular formula is C18H17N3OS. The summed E-state index contributed by atoms with van der Waals surface area (Å²) in [7, 11) is 1.70. The summed E-state index contributed by atoms with van der Waals surface area (Å²) in [5, 5.41) is 5.45. The van der Waals surface area contributed by atoms with E-state index in [2.05, 4.69) is 33.7 Å². The van der Waals surface area contributed by atoms with Crippen LogP contribution in [0, 0.1) is 0 Å². The van der Waals surface area contributed by atoms with Gasteiger partial charge in [0.1, 0.15) is 5.75 Å². The van der Waals surface area contributed by atoms with E-state index in [0.717, 1.165) is 41.4 Å². The second-order valence-electron chi connectivity index (χ2n) is 5.53. The number of hydrogen-bond acceptors (Lipinski definition) is 5. The Hall–Kier alpha value is -2.40. The number of rotatable bonds is 3. The molecule has 2 aromatic carbocycles. The number of nitrogens with one attached hydrogen (secondary N) is 1. The van der Waals surface area contributed by atoms with E-state index in [-0.39, 0.29) is 0 Å². The van der Waals surface area contributed by atoms with E-state index in [4.69, 9.17) is 4.74 Å². The van der Waals surface area contributed by atoms with E-state index in [9.17, 15) is 0 Å². The van der Waals surface area contributed by atoms with Gasteiger partial charge in [-0.3, -0.25) is 5.43 Å². The Kier molecular flexibility index (Phi) is 3.71. The maximum absolute atomic E-state index is 5.31. The maximum atomic E-state index is 5.31. The van der Waals surface area contributed by atoms with Crippen molar-refractivity contribution in [2.45, 2.75) is 19.3 Å². The molecule has 4 rings (SSSR count). The first-order chi connectivity index (χ1) is 11.3. The van der Waals surface area contributed by atoms with Crippen LogP contribution in [0.3, 0.4) is 0 Å². The summed E-state index contributed by atoms with van der Waals surface area (Å²) in [6.45, 7) is 0. The molecule has 1 aliphatic rings. The molecule has 0 aliphatic heterocycles. The van der Waals surface area contributed by atoms with E-state index >= 15 is 0 Å². The second kappa shape index (κ2) is 6.01. The molecule has 0 fully saturated rings. The molecule has 0 atom stereocenters. The number of hydrazone groups is 1. The van der Waals surface area contributed by atoms with Crippen LogP contribution in [0.4, 0.5) is 5.13 Å². The number of para-hydroxylation sites is 1. The third-order valence-corrected chi connectivity index (χ3v) is 5.00. The maximum Gasteiger partial charge on any atom is 0.204 e. The first kappa shape index (κ1) is 14.2. The van der Waals surface area contributed by atoms with Crippen LogP contribution in [0.5, 0.6) is 5.75 Å². The van der Waals surface area contributed by atoms with Crippen LogP contribution in [0.1, 0.15) is 24.0 Å². The van der Waals surface area contributed by atoms with Crippen molar-refractivity contribution in [2.24, 2.45) is 5.10 Å². The van der Waals surface area contributed by atoms with Gasteiger partial charge in [-0.2, -0.15) is 5.10 Å². The van der Waals surface area contributed by atoms with Crippen molar-refractivity contribution in [1.82, 2.24) is 4.98 Å². The highest BCUT2D eigenvalue weighted by molar-refractivity contribution is 7.22. The minimum atomic E-state index is 0.833. The molecule has 0 amide bonds. The van der Waals surface area contributed by atoms with Gasteiger partial charge in [-0.1, -0.05) is 23.5 Å². The fourth-order valence-electron chi connectivity index (χ4n) is 2.92. The number of ether oxygens (including phenoxy) is 1. The van der Waals surface area contributed by atoms with Crippen LogP contribution in [0.15, 0.2) is 47.6 Å². The Bertz CT molecular complexity index is 852. The van der Waals surface area contributed by atoms with Crippen molar-refractivity contribution in [3.63, 3.8) is 0 Å². The van der Waals surface area contributed by atoms with Crippen LogP contribution in [0.25, 0.3) is 10.2 Å². The Morgan fingerprint density at radius 2 is 2.09 bits per heavy atom. The first-order valence-corrected chi connectivity index (χ1v) is 8.50. The van der Waals surface area contributed by atoms with Gasteiger partial charge in [0.05, 0.1) is 23.0 Å². The van der Waals surface area contributed by atoms with E-state index in [1.807, 2.05) is 24.3 Å². The number of nitrogens with zero attached hydrogens (tertiary/aromatic N) is 2. The van der Waals surface area contributed by atoms with Crippen molar-refractivity contribution in [3.8, 4) is 5.75 Å². The summed E-state index contributed by atoms with van der Waals surface area (Å²) in [6, 6.07) is 14.3. The molecule has 116 valence electrons. The predicted octanol–water partition coefficient (Wildman–Crippen LogP) is 4.46. The Labute approximate surface area is 138 Å². The van der Waals surface area contributed by atoms with Crippen LogP contribution in [-0.4, -0.2) is 17.8 Å². The molecule has 4 nitrogen and oxygen atoms in total. The molecule has 1 N–H and O–H groups in total. The van der Waals surface area contributed by atoms with Gasteiger partial charge in [0.25, 0.3) is 0 Å². The first-order valence-electron chi connectivity index (χ1n) is 7.69. The summed E-state index contributed by atoms with van der Waals surface area (Å²) in [5.74, 6) is 0.907. The fourth-order valence-corrected chi connectivity index (χ4v) is 3.73. The lowest BCUT2D eigenvalue weighted by Gasteiger charge is -2.18. The minimum Gasteiger partial charge on any atom is -0.497 e. The molecule has 0 saturated carbocycles. The number of methoxy groups -OCH3 is 1. The molecule has 5 heteroatoms. The highest BCUT2D eigenvalue weighted by Crippen LogP contribution is 2.28. The molecule has 0 unspecified atom stereocenters. The van der Waals surface area contributed by atoms with Gasteiger partial charge in [-0.15, -0.1) is 0 Å².